The minimum Gasteiger partial charge on any atom is -0.497 e. The number of carbonyl (C=O) groups excluding carboxylic acids is 1. The Morgan fingerprint density at radius 2 is 2.09 bits per heavy atom. The molecule has 0 spiro atoms. The normalized spacial score (nSPS) is 10.5. The van der Waals surface area contributed by atoms with E-state index < -0.39 is 0 Å². The lowest BCUT2D eigenvalue weighted by Gasteiger charge is -2.07. The van der Waals surface area contributed by atoms with Crippen molar-refractivity contribution in [2.24, 2.45) is 0 Å². The van der Waals surface area contributed by atoms with Gasteiger partial charge in [0.15, 0.2) is 11.7 Å². The molecular weight excluding hydrogens is 336 g/mol. The van der Waals surface area contributed by atoms with E-state index in [1.165, 1.54) is 11.3 Å². The molecule has 5 nitrogen and oxygen atoms in total. The van der Waals surface area contributed by atoms with Gasteiger partial charge in [0, 0.05) is 11.1 Å². The van der Waals surface area contributed by atoms with Gasteiger partial charge in [0.1, 0.15) is 11.5 Å². The van der Waals surface area contributed by atoms with Gasteiger partial charge in [-0.15, -0.1) is 0 Å². The highest BCUT2D eigenvalue weighted by atomic mass is 35.5. The van der Waals surface area contributed by atoms with Gasteiger partial charge in [-0.1, -0.05) is 29.0 Å². The van der Waals surface area contributed by atoms with Crippen LogP contribution in [0.1, 0.15) is 0 Å². The Hall–Kier alpha value is -2.31. The number of amides is 1. The summed E-state index contributed by atoms with van der Waals surface area (Å²) >= 11 is 7.31. The van der Waals surface area contributed by atoms with E-state index in [4.69, 9.17) is 21.1 Å². The van der Waals surface area contributed by atoms with Crippen molar-refractivity contribution in [1.82, 2.24) is 4.98 Å². The number of methoxy groups -OCH3 is 1. The van der Waals surface area contributed by atoms with Crippen molar-refractivity contribution in [1.29, 1.82) is 0 Å². The number of hydrogen-bond donors (Lipinski definition) is 1. The van der Waals surface area contributed by atoms with E-state index in [2.05, 4.69) is 10.3 Å². The number of ether oxygens (including phenoxy) is 2. The molecule has 0 bridgehead atoms. The van der Waals surface area contributed by atoms with E-state index in [-0.39, 0.29) is 12.5 Å². The molecule has 7 heteroatoms. The Labute approximate surface area is 141 Å². The summed E-state index contributed by atoms with van der Waals surface area (Å²) in [4.78, 5) is 16.3. The summed E-state index contributed by atoms with van der Waals surface area (Å²) in [6.45, 7) is -0.107. The number of nitrogens with one attached hydrogen (secondary N) is 1. The molecule has 0 aliphatic rings. The molecule has 3 rings (SSSR count). The zero-order valence-electron chi connectivity index (χ0n) is 12.2. The van der Waals surface area contributed by atoms with Crippen LogP contribution in [0.2, 0.25) is 5.02 Å². The van der Waals surface area contributed by atoms with Gasteiger partial charge in [-0.05, 0) is 30.3 Å². The van der Waals surface area contributed by atoms with Crippen molar-refractivity contribution in [3.8, 4) is 11.5 Å². The Bertz CT molecular complexity index is 850. The first-order valence-electron chi connectivity index (χ1n) is 6.77. The maximum absolute atomic E-state index is 12.0. The number of hydrogen-bond acceptors (Lipinski definition) is 5. The third-order valence-corrected chi connectivity index (χ3v) is 4.19. The molecule has 1 aromatic heterocycles. The number of thiazole rings is 1. The average molecular weight is 349 g/mol. The molecule has 2 aromatic carbocycles. The number of carbonyl (C=O) groups is 1. The number of aromatic nitrogens is 1. The molecular formula is C16H13ClN2O3S. The third-order valence-electron chi connectivity index (χ3n) is 3.01. The Kier molecular flexibility index (Phi) is 4.64. The Balaban J connectivity index is 1.61. The SMILES string of the molecule is COc1cccc(OCC(=O)Nc2nc3cc(Cl)ccc3s2)c1. The van der Waals surface area contributed by atoms with Crippen LogP contribution >= 0.6 is 22.9 Å². The molecule has 1 amide bonds. The van der Waals surface area contributed by atoms with E-state index in [1.54, 1.807) is 43.5 Å². The number of nitrogens with zero attached hydrogens (tertiary/aromatic N) is 1. The van der Waals surface area contributed by atoms with Crippen molar-refractivity contribution >= 4 is 44.2 Å². The molecule has 0 unspecified atom stereocenters. The first-order valence-corrected chi connectivity index (χ1v) is 7.96. The third kappa shape index (κ3) is 3.91. The predicted octanol–water partition coefficient (Wildman–Crippen LogP) is 3.98. The zero-order chi connectivity index (χ0) is 16.2. The highest BCUT2D eigenvalue weighted by Gasteiger charge is 2.09. The molecule has 23 heavy (non-hydrogen) atoms. The quantitative estimate of drug-likeness (QED) is 0.757. The summed E-state index contributed by atoms with van der Waals surface area (Å²) in [5.74, 6) is 0.958. The molecule has 118 valence electrons. The molecule has 3 aromatic rings. The second-order valence-corrected chi connectivity index (χ2v) is 6.11. The fourth-order valence-electron chi connectivity index (χ4n) is 1.95. The van der Waals surface area contributed by atoms with E-state index in [0.717, 1.165) is 10.2 Å². The first kappa shape index (κ1) is 15.6. The van der Waals surface area contributed by atoms with E-state index in [0.29, 0.717) is 21.7 Å². The smallest absolute Gasteiger partial charge is 0.264 e. The molecule has 0 aliphatic carbocycles. The molecule has 1 heterocycles. The minimum absolute atomic E-state index is 0.107. The number of rotatable bonds is 5. The maximum Gasteiger partial charge on any atom is 0.264 e. The largest absolute Gasteiger partial charge is 0.497 e. The van der Waals surface area contributed by atoms with Gasteiger partial charge in [-0.25, -0.2) is 4.98 Å². The van der Waals surface area contributed by atoms with Crippen LogP contribution in [0.15, 0.2) is 42.5 Å². The molecule has 0 radical (unpaired) electrons. The molecule has 0 aliphatic heterocycles. The fourth-order valence-corrected chi connectivity index (χ4v) is 2.98. The van der Waals surface area contributed by atoms with Crippen molar-refractivity contribution in [2.75, 3.05) is 19.0 Å². The summed E-state index contributed by atoms with van der Waals surface area (Å²) in [6.07, 6.45) is 0. The second kappa shape index (κ2) is 6.85. The summed E-state index contributed by atoms with van der Waals surface area (Å²) in [6, 6.07) is 12.5. The van der Waals surface area contributed by atoms with Crippen LogP contribution in [0, 0.1) is 0 Å². The Morgan fingerprint density at radius 3 is 2.91 bits per heavy atom. The van der Waals surface area contributed by atoms with E-state index >= 15 is 0 Å². The van der Waals surface area contributed by atoms with Gasteiger partial charge in [0.05, 0.1) is 17.3 Å². The topological polar surface area (TPSA) is 60.5 Å². The maximum atomic E-state index is 12.0. The lowest BCUT2D eigenvalue weighted by Crippen LogP contribution is -2.19. The van der Waals surface area contributed by atoms with Gasteiger partial charge >= 0.3 is 0 Å². The molecule has 0 saturated heterocycles. The van der Waals surface area contributed by atoms with Crippen molar-refractivity contribution in [3.05, 3.63) is 47.5 Å². The number of fused-ring (bicyclic) bond motifs is 1. The van der Waals surface area contributed by atoms with Crippen LogP contribution in [-0.2, 0) is 4.79 Å². The van der Waals surface area contributed by atoms with Gasteiger partial charge in [-0.2, -0.15) is 0 Å². The Morgan fingerprint density at radius 1 is 1.26 bits per heavy atom. The standard InChI is InChI=1S/C16H13ClN2O3S/c1-21-11-3-2-4-12(8-11)22-9-15(20)19-16-18-13-7-10(17)5-6-14(13)23-16/h2-8H,9H2,1H3,(H,18,19,20). The number of benzene rings is 2. The number of halogens is 1. The van der Waals surface area contributed by atoms with Crippen LogP contribution in [0.4, 0.5) is 5.13 Å². The molecule has 0 atom stereocenters. The van der Waals surface area contributed by atoms with Gasteiger partial charge in [0.25, 0.3) is 5.91 Å². The zero-order valence-corrected chi connectivity index (χ0v) is 13.8. The predicted molar refractivity (Wildman–Crippen MR) is 91.7 cm³/mol. The van der Waals surface area contributed by atoms with Crippen molar-refractivity contribution in [2.45, 2.75) is 0 Å². The molecule has 0 saturated carbocycles. The molecule has 0 fully saturated rings. The van der Waals surface area contributed by atoms with Crippen LogP contribution in [-0.4, -0.2) is 24.6 Å². The van der Waals surface area contributed by atoms with Crippen molar-refractivity contribution in [3.63, 3.8) is 0 Å². The van der Waals surface area contributed by atoms with Crippen LogP contribution < -0.4 is 14.8 Å². The van der Waals surface area contributed by atoms with Crippen LogP contribution in [0.25, 0.3) is 10.2 Å². The first-order chi connectivity index (χ1) is 11.1. The van der Waals surface area contributed by atoms with Gasteiger partial charge < -0.3 is 9.47 Å². The summed E-state index contributed by atoms with van der Waals surface area (Å²) in [7, 11) is 1.57. The highest BCUT2D eigenvalue weighted by Crippen LogP contribution is 2.28. The van der Waals surface area contributed by atoms with Crippen LogP contribution in [0.3, 0.4) is 0 Å². The monoisotopic (exact) mass is 348 g/mol. The van der Waals surface area contributed by atoms with E-state index in [1.807, 2.05) is 6.07 Å². The fraction of sp³-hybridized carbons (Fsp3) is 0.125. The van der Waals surface area contributed by atoms with Gasteiger partial charge in [-0.3, -0.25) is 10.1 Å². The van der Waals surface area contributed by atoms with Crippen molar-refractivity contribution < 1.29 is 14.3 Å². The molecule has 1 N–H and O–H groups in total. The van der Waals surface area contributed by atoms with Gasteiger partial charge in [0.2, 0.25) is 0 Å². The lowest BCUT2D eigenvalue weighted by atomic mass is 10.3. The highest BCUT2D eigenvalue weighted by molar-refractivity contribution is 7.22. The second-order valence-electron chi connectivity index (χ2n) is 4.65. The lowest BCUT2D eigenvalue weighted by molar-refractivity contribution is -0.118. The summed E-state index contributed by atoms with van der Waals surface area (Å²) in [5, 5.41) is 3.85. The summed E-state index contributed by atoms with van der Waals surface area (Å²) < 4.78 is 11.5. The summed E-state index contributed by atoms with van der Waals surface area (Å²) in [5.41, 5.74) is 0.756. The van der Waals surface area contributed by atoms with E-state index in [9.17, 15) is 4.79 Å². The van der Waals surface area contributed by atoms with Crippen LogP contribution in [0.5, 0.6) is 11.5 Å². The number of anilines is 1. The average Bonchev–Trinajstić information content (AvgIpc) is 2.94. The minimum atomic E-state index is -0.280.